The van der Waals surface area contributed by atoms with Crippen LogP contribution in [0.4, 0.5) is 0 Å². The lowest BCUT2D eigenvalue weighted by molar-refractivity contribution is -0.170. The Hall–Kier alpha value is -0.700. The molecule has 0 aliphatic carbocycles. The summed E-state index contributed by atoms with van der Waals surface area (Å²) in [6.07, 6.45) is 1.79. The molecule has 0 radical (unpaired) electrons. The first-order valence-electron chi connectivity index (χ1n) is 5.79. The molecule has 7 nitrogen and oxygen atoms in total. The molecule has 0 spiro atoms. The summed E-state index contributed by atoms with van der Waals surface area (Å²) in [5.74, 6) is -1.31. The first-order valence-corrected chi connectivity index (χ1v) is 7.26. The summed E-state index contributed by atoms with van der Waals surface area (Å²) in [5.41, 5.74) is 0. The minimum Gasteiger partial charge on any atom is -0.434 e. The van der Waals surface area contributed by atoms with Crippen LogP contribution in [-0.2, 0) is 24.0 Å². The Balaban J connectivity index is 4.61. The number of carbonyl (C=O) groups excluding carboxylic acids is 1. The van der Waals surface area contributed by atoms with Gasteiger partial charge in [-0.1, -0.05) is 26.2 Å². The van der Waals surface area contributed by atoms with Gasteiger partial charge in [0.25, 0.3) is 0 Å². The van der Waals surface area contributed by atoms with Crippen molar-refractivity contribution in [1.82, 2.24) is 0 Å². The third-order valence-electron chi connectivity index (χ3n) is 2.31. The van der Waals surface area contributed by atoms with Gasteiger partial charge in [-0.2, -0.15) is 8.42 Å². The van der Waals surface area contributed by atoms with E-state index in [2.05, 4.69) is 4.18 Å². The van der Waals surface area contributed by atoms with Gasteiger partial charge in [0.2, 0.25) is 6.29 Å². The van der Waals surface area contributed by atoms with Crippen LogP contribution in [0, 0.1) is 5.92 Å². The standard InChI is InChI=1S/C10H21NO6S/c1-3-4-5-6-9(7-12)10(16-8(2)13)17-18(11,14)15/h9-10,12H,3-7H2,1-2H3,(H2,11,14,15). The highest BCUT2D eigenvalue weighted by Gasteiger charge is 2.28. The summed E-state index contributed by atoms with van der Waals surface area (Å²) in [4.78, 5) is 10.9. The second-order valence-electron chi connectivity index (χ2n) is 4.01. The molecule has 0 saturated carbocycles. The molecule has 0 rings (SSSR count). The van der Waals surface area contributed by atoms with Crippen LogP contribution in [0.15, 0.2) is 0 Å². The van der Waals surface area contributed by atoms with E-state index in [0.29, 0.717) is 6.42 Å². The highest BCUT2D eigenvalue weighted by atomic mass is 32.2. The van der Waals surface area contributed by atoms with E-state index < -0.39 is 28.5 Å². The number of rotatable bonds is 9. The molecule has 8 heteroatoms. The molecule has 0 aliphatic heterocycles. The molecule has 0 aromatic rings. The Morgan fingerprint density at radius 2 is 2.00 bits per heavy atom. The zero-order valence-electron chi connectivity index (χ0n) is 10.7. The molecule has 0 aromatic heterocycles. The molecular weight excluding hydrogens is 262 g/mol. The number of hydrogen-bond acceptors (Lipinski definition) is 6. The fraction of sp³-hybridized carbons (Fsp3) is 0.900. The van der Waals surface area contributed by atoms with E-state index in [0.717, 1.165) is 26.2 Å². The third kappa shape index (κ3) is 8.40. The first kappa shape index (κ1) is 17.3. The van der Waals surface area contributed by atoms with Gasteiger partial charge in [-0.3, -0.25) is 4.79 Å². The highest BCUT2D eigenvalue weighted by molar-refractivity contribution is 7.84. The smallest absolute Gasteiger partial charge is 0.336 e. The van der Waals surface area contributed by atoms with Crippen LogP contribution in [-0.4, -0.2) is 32.4 Å². The van der Waals surface area contributed by atoms with Crippen molar-refractivity contribution in [3.05, 3.63) is 0 Å². The molecule has 18 heavy (non-hydrogen) atoms. The largest absolute Gasteiger partial charge is 0.434 e. The molecule has 2 atom stereocenters. The Labute approximate surface area is 108 Å². The number of aliphatic hydroxyl groups is 1. The lowest BCUT2D eigenvalue weighted by Crippen LogP contribution is -2.35. The molecule has 0 bridgehead atoms. The maximum atomic E-state index is 10.9. The molecular formula is C10H21NO6S. The van der Waals surface area contributed by atoms with Gasteiger partial charge in [0.15, 0.2) is 0 Å². The molecule has 2 unspecified atom stereocenters. The third-order valence-corrected chi connectivity index (χ3v) is 2.77. The van der Waals surface area contributed by atoms with E-state index in [4.69, 9.17) is 9.88 Å². The van der Waals surface area contributed by atoms with E-state index in [1.807, 2.05) is 6.92 Å². The molecule has 0 amide bonds. The van der Waals surface area contributed by atoms with E-state index in [1.54, 1.807) is 0 Å². The summed E-state index contributed by atoms with van der Waals surface area (Å²) in [6, 6.07) is 0. The van der Waals surface area contributed by atoms with Crippen molar-refractivity contribution in [2.24, 2.45) is 11.1 Å². The topological polar surface area (TPSA) is 116 Å². The van der Waals surface area contributed by atoms with Gasteiger partial charge in [-0.15, -0.1) is 0 Å². The average Bonchev–Trinajstić information content (AvgIpc) is 2.21. The lowest BCUT2D eigenvalue weighted by atomic mass is 10.0. The summed E-state index contributed by atoms with van der Waals surface area (Å²) in [7, 11) is -4.24. The van der Waals surface area contributed by atoms with Gasteiger partial charge in [-0.25, -0.2) is 9.32 Å². The van der Waals surface area contributed by atoms with Gasteiger partial charge in [0.05, 0.1) is 6.61 Å². The number of hydrogen-bond donors (Lipinski definition) is 2. The Kier molecular flexibility index (Phi) is 8.08. The van der Waals surface area contributed by atoms with E-state index >= 15 is 0 Å². The molecule has 0 heterocycles. The Bertz CT molecular complexity index is 342. The summed E-state index contributed by atoms with van der Waals surface area (Å²) < 4.78 is 30.9. The predicted molar refractivity (Wildman–Crippen MR) is 64.5 cm³/mol. The summed E-state index contributed by atoms with van der Waals surface area (Å²) in [6.45, 7) is 2.79. The second kappa shape index (κ2) is 8.41. The van der Waals surface area contributed by atoms with Gasteiger partial charge in [0, 0.05) is 12.8 Å². The van der Waals surface area contributed by atoms with Crippen LogP contribution in [0.25, 0.3) is 0 Å². The molecule has 0 saturated heterocycles. The zero-order chi connectivity index (χ0) is 14.2. The van der Waals surface area contributed by atoms with E-state index in [9.17, 15) is 18.3 Å². The fourth-order valence-corrected chi connectivity index (χ4v) is 1.92. The minimum atomic E-state index is -4.24. The number of carbonyl (C=O) groups is 1. The van der Waals surface area contributed by atoms with Crippen LogP contribution in [0.5, 0.6) is 0 Å². The van der Waals surface area contributed by atoms with Crippen molar-refractivity contribution in [3.63, 3.8) is 0 Å². The normalized spacial score (nSPS) is 15.1. The van der Waals surface area contributed by atoms with Gasteiger partial charge in [-0.05, 0) is 6.42 Å². The van der Waals surface area contributed by atoms with Gasteiger partial charge >= 0.3 is 16.3 Å². The summed E-state index contributed by atoms with van der Waals surface area (Å²) >= 11 is 0. The highest BCUT2D eigenvalue weighted by Crippen LogP contribution is 2.18. The lowest BCUT2D eigenvalue weighted by Gasteiger charge is -2.23. The van der Waals surface area contributed by atoms with Gasteiger partial charge in [0.1, 0.15) is 0 Å². The molecule has 108 valence electrons. The van der Waals surface area contributed by atoms with Crippen molar-refractivity contribution >= 4 is 16.3 Å². The maximum Gasteiger partial charge on any atom is 0.336 e. The Morgan fingerprint density at radius 1 is 1.39 bits per heavy atom. The van der Waals surface area contributed by atoms with E-state index in [-0.39, 0.29) is 6.61 Å². The number of ether oxygens (including phenoxy) is 1. The molecule has 0 aromatic carbocycles. The minimum absolute atomic E-state index is 0.350. The average molecular weight is 283 g/mol. The predicted octanol–water partition coefficient (Wildman–Crippen LogP) is 0.285. The maximum absolute atomic E-state index is 10.9. The van der Waals surface area contributed by atoms with Crippen LogP contribution in [0.3, 0.4) is 0 Å². The first-order chi connectivity index (χ1) is 8.30. The van der Waals surface area contributed by atoms with Crippen molar-refractivity contribution < 1.29 is 27.2 Å². The van der Waals surface area contributed by atoms with Crippen LogP contribution >= 0.6 is 0 Å². The number of aliphatic hydroxyl groups excluding tert-OH is 1. The molecule has 0 fully saturated rings. The number of unbranched alkanes of at least 4 members (excludes halogenated alkanes) is 2. The fourth-order valence-electron chi connectivity index (χ4n) is 1.46. The van der Waals surface area contributed by atoms with Crippen molar-refractivity contribution in [2.75, 3.05) is 6.61 Å². The molecule has 3 N–H and O–H groups in total. The summed E-state index contributed by atoms with van der Waals surface area (Å²) in [5, 5.41) is 13.9. The van der Waals surface area contributed by atoms with Crippen molar-refractivity contribution in [3.8, 4) is 0 Å². The monoisotopic (exact) mass is 283 g/mol. The van der Waals surface area contributed by atoms with Crippen LogP contribution in [0.2, 0.25) is 0 Å². The Morgan fingerprint density at radius 3 is 2.39 bits per heavy atom. The van der Waals surface area contributed by atoms with Crippen LogP contribution < -0.4 is 5.14 Å². The second-order valence-corrected chi connectivity index (χ2v) is 5.18. The number of esters is 1. The SMILES string of the molecule is CCCCCC(CO)C(OC(C)=O)OS(N)(=O)=O. The molecule has 0 aliphatic rings. The van der Waals surface area contributed by atoms with Gasteiger partial charge < -0.3 is 9.84 Å². The van der Waals surface area contributed by atoms with Crippen LogP contribution in [0.1, 0.15) is 39.5 Å². The quantitative estimate of drug-likeness (QED) is 0.357. The van der Waals surface area contributed by atoms with Crippen molar-refractivity contribution in [1.29, 1.82) is 0 Å². The zero-order valence-corrected chi connectivity index (χ0v) is 11.5. The van der Waals surface area contributed by atoms with E-state index in [1.165, 1.54) is 0 Å². The number of nitrogens with two attached hydrogens (primary N) is 1. The van der Waals surface area contributed by atoms with Crippen molar-refractivity contribution in [2.45, 2.75) is 45.8 Å².